The number of nitrogens with zero attached hydrogens (tertiary/aromatic N) is 1. The molecule has 3 N–H and O–H groups in total. The Kier molecular flexibility index (Phi) is 16.9. The predicted octanol–water partition coefficient (Wildman–Crippen LogP) is 6.05. The van der Waals surface area contributed by atoms with Crippen LogP contribution in [-0.4, -0.2) is 83.6 Å². The molecule has 0 fully saturated rings. The Morgan fingerprint density at radius 2 is 1.43 bits per heavy atom. The number of nitrogens with one attached hydrogen (secondary N) is 3. The maximum Gasteiger partial charge on any atom is 0.411 e. The van der Waals surface area contributed by atoms with E-state index < -0.39 is 65.2 Å². The minimum Gasteiger partial charge on any atom is -0.467 e. The summed E-state index contributed by atoms with van der Waals surface area (Å²) in [6, 6.07) is 13.9. The van der Waals surface area contributed by atoms with Gasteiger partial charge in [-0.1, -0.05) is 68.4 Å². The summed E-state index contributed by atoms with van der Waals surface area (Å²) >= 11 is 0. The van der Waals surface area contributed by atoms with E-state index in [0.717, 1.165) is 16.7 Å². The molecule has 2 aromatic rings. The Morgan fingerprint density at radius 1 is 0.804 bits per heavy atom. The summed E-state index contributed by atoms with van der Waals surface area (Å²) in [6.07, 6.45) is 0.644. The normalized spacial score (nSPS) is 15.8. The number of carbonyl (C=O) groups is 6. The number of fused-ring (bicyclic) bond motifs is 1. The molecule has 308 valence electrons. The Morgan fingerprint density at radius 3 is 2.04 bits per heavy atom. The highest BCUT2D eigenvalue weighted by molar-refractivity contribution is 5.95. The van der Waals surface area contributed by atoms with Crippen LogP contribution in [0.3, 0.4) is 0 Å². The number of amides is 4. The topological polar surface area (TPSA) is 169 Å². The lowest BCUT2D eigenvalue weighted by atomic mass is 9.87. The van der Waals surface area contributed by atoms with Crippen LogP contribution in [0, 0.1) is 11.8 Å². The fraction of sp³-hybridized carbons (Fsp3) is 0.581. The molecule has 4 atom stereocenters. The maximum absolute atomic E-state index is 14.3. The fourth-order valence-corrected chi connectivity index (χ4v) is 6.53. The number of ether oxygens (including phenoxy) is 3. The molecule has 0 spiro atoms. The number of carbonyl (C=O) groups excluding carboxylic acids is 6. The van der Waals surface area contributed by atoms with Crippen molar-refractivity contribution in [3.63, 3.8) is 0 Å². The van der Waals surface area contributed by atoms with Crippen molar-refractivity contribution >= 4 is 35.8 Å². The summed E-state index contributed by atoms with van der Waals surface area (Å²) in [7, 11) is 1.24. The van der Waals surface area contributed by atoms with Crippen LogP contribution < -0.4 is 16.0 Å². The van der Waals surface area contributed by atoms with Crippen molar-refractivity contribution in [1.82, 2.24) is 20.9 Å². The summed E-state index contributed by atoms with van der Waals surface area (Å²) in [5.41, 5.74) is 1.21. The van der Waals surface area contributed by atoms with Gasteiger partial charge in [-0.05, 0) is 96.3 Å². The van der Waals surface area contributed by atoms with Crippen LogP contribution in [0.4, 0.5) is 9.59 Å². The first kappa shape index (κ1) is 45.4. The molecule has 0 bridgehead atoms. The minimum absolute atomic E-state index is 0.0286. The molecule has 2 aromatic carbocycles. The highest BCUT2D eigenvalue weighted by atomic mass is 16.6. The van der Waals surface area contributed by atoms with Gasteiger partial charge < -0.3 is 30.2 Å². The SMILES string of the molecule is COC(=O)[C@@H](CCCCNC(=O)OC(C)(C)C)NC(=O)[C@H](CC(=O)[C@@H](Cc1ccccc1)NC(=O)[C@H]1Cc2ccccc2CN1C(=O)OC(C)(C)C)CC(C)C. The molecule has 0 saturated heterocycles. The number of ketones is 1. The molecule has 13 heteroatoms. The number of hydrogen-bond donors (Lipinski definition) is 3. The van der Waals surface area contributed by atoms with E-state index in [1.54, 1.807) is 41.5 Å². The summed E-state index contributed by atoms with van der Waals surface area (Å²) in [4.78, 5) is 82.0. The van der Waals surface area contributed by atoms with E-state index in [4.69, 9.17) is 14.2 Å². The quantitative estimate of drug-likeness (QED) is 0.0984. The van der Waals surface area contributed by atoms with E-state index in [0.29, 0.717) is 25.8 Å². The number of alkyl carbamates (subject to hydrolysis) is 1. The van der Waals surface area contributed by atoms with Gasteiger partial charge in [0.25, 0.3) is 0 Å². The number of rotatable bonds is 17. The second-order valence-corrected chi connectivity index (χ2v) is 16.9. The smallest absolute Gasteiger partial charge is 0.411 e. The molecule has 0 radical (unpaired) electrons. The molecule has 1 aliphatic rings. The van der Waals surface area contributed by atoms with Crippen LogP contribution in [0.1, 0.15) is 104 Å². The van der Waals surface area contributed by atoms with Crippen molar-refractivity contribution < 1.29 is 43.0 Å². The Labute approximate surface area is 332 Å². The maximum atomic E-state index is 14.3. The predicted molar refractivity (Wildman–Crippen MR) is 212 cm³/mol. The van der Waals surface area contributed by atoms with Gasteiger partial charge in [0, 0.05) is 25.3 Å². The zero-order chi connectivity index (χ0) is 41.6. The highest BCUT2D eigenvalue weighted by Crippen LogP contribution is 2.26. The largest absolute Gasteiger partial charge is 0.467 e. The Balaban J connectivity index is 1.79. The van der Waals surface area contributed by atoms with Crippen LogP contribution >= 0.6 is 0 Å². The number of methoxy groups -OCH3 is 1. The van der Waals surface area contributed by atoms with E-state index in [9.17, 15) is 28.8 Å². The van der Waals surface area contributed by atoms with Crippen molar-refractivity contribution in [2.24, 2.45) is 11.8 Å². The zero-order valence-corrected chi connectivity index (χ0v) is 34.6. The lowest BCUT2D eigenvalue weighted by Crippen LogP contribution is -2.56. The van der Waals surface area contributed by atoms with Gasteiger partial charge in [0.1, 0.15) is 23.3 Å². The molecular formula is C43H62N4O9. The number of esters is 1. The molecule has 13 nitrogen and oxygen atoms in total. The summed E-state index contributed by atoms with van der Waals surface area (Å²) < 4.78 is 15.9. The van der Waals surface area contributed by atoms with Crippen molar-refractivity contribution in [3.8, 4) is 0 Å². The van der Waals surface area contributed by atoms with Gasteiger partial charge >= 0.3 is 18.2 Å². The number of benzene rings is 2. The molecule has 4 amide bonds. The number of hydrogen-bond acceptors (Lipinski definition) is 9. The third-order valence-corrected chi connectivity index (χ3v) is 9.13. The first-order valence-corrected chi connectivity index (χ1v) is 19.5. The fourth-order valence-electron chi connectivity index (χ4n) is 6.53. The minimum atomic E-state index is -1.01. The summed E-state index contributed by atoms with van der Waals surface area (Å²) in [5, 5.41) is 8.45. The van der Waals surface area contributed by atoms with Gasteiger partial charge in [-0.3, -0.25) is 19.3 Å². The number of Topliss-reactive ketones (excluding diaryl/α,β-unsaturated/α-hetero) is 1. The van der Waals surface area contributed by atoms with Gasteiger partial charge in [0.15, 0.2) is 5.78 Å². The van der Waals surface area contributed by atoms with Crippen LogP contribution in [-0.2, 0) is 52.8 Å². The van der Waals surface area contributed by atoms with E-state index in [-0.39, 0.29) is 43.9 Å². The van der Waals surface area contributed by atoms with Crippen molar-refractivity contribution in [2.45, 2.75) is 136 Å². The third kappa shape index (κ3) is 15.3. The van der Waals surface area contributed by atoms with Crippen molar-refractivity contribution in [2.75, 3.05) is 13.7 Å². The number of unbranched alkanes of at least 4 members (excludes halogenated alkanes) is 1. The standard InChI is InChI=1S/C43H62N4O9/c1-28(2)23-32(37(49)45-33(39(51)54-9)21-15-16-22-44-40(52)55-42(3,4)5)26-36(48)34(24-29-17-11-10-12-18-29)46-38(50)35-25-30-19-13-14-20-31(30)27-47(35)41(53)56-43(6,7)8/h10-14,17-20,28,32-35H,15-16,21-27H2,1-9H3,(H,44,52)(H,45,49)(H,46,50)/t32-,33+,34+,35+/m0/s1. The molecule has 0 saturated carbocycles. The lowest BCUT2D eigenvalue weighted by Gasteiger charge is -2.37. The molecule has 0 aromatic heterocycles. The van der Waals surface area contributed by atoms with E-state index >= 15 is 0 Å². The average molecular weight is 779 g/mol. The van der Waals surface area contributed by atoms with E-state index in [1.807, 2.05) is 68.4 Å². The van der Waals surface area contributed by atoms with Crippen LogP contribution in [0.5, 0.6) is 0 Å². The molecule has 3 rings (SSSR count). The van der Waals surface area contributed by atoms with Gasteiger partial charge in [-0.15, -0.1) is 0 Å². The molecular weight excluding hydrogens is 716 g/mol. The van der Waals surface area contributed by atoms with Gasteiger partial charge in [0.05, 0.1) is 19.7 Å². The second-order valence-electron chi connectivity index (χ2n) is 16.9. The van der Waals surface area contributed by atoms with Gasteiger partial charge in [0.2, 0.25) is 11.8 Å². The molecule has 56 heavy (non-hydrogen) atoms. The first-order valence-electron chi connectivity index (χ1n) is 19.5. The summed E-state index contributed by atoms with van der Waals surface area (Å²) in [6.45, 7) is 15.0. The van der Waals surface area contributed by atoms with Crippen molar-refractivity contribution in [1.29, 1.82) is 0 Å². The zero-order valence-electron chi connectivity index (χ0n) is 34.6. The third-order valence-electron chi connectivity index (χ3n) is 9.13. The van der Waals surface area contributed by atoms with E-state index in [2.05, 4.69) is 16.0 Å². The molecule has 0 aliphatic carbocycles. The van der Waals surface area contributed by atoms with E-state index in [1.165, 1.54) is 12.0 Å². The van der Waals surface area contributed by atoms with Crippen LogP contribution in [0.2, 0.25) is 0 Å². The first-order chi connectivity index (χ1) is 26.3. The molecule has 1 heterocycles. The molecule has 1 aliphatic heterocycles. The average Bonchev–Trinajstić information content (AvgIpc) is 3.11. The van der Waals surface area contributed by atoms with Crippen LogP contribution in [0.25, 0.3) is 0 Å². The van der Waals surface area contributed by atoms with Crippen LogP contribution in [0.15, 0.2) is 54.6 Å². The highest BCUT2D eigenvalue weighted by Gasteiger charge is 2.39. The molecule has 0 unspecified atom stereocenters. The lowest BCUT2D eigenvalue weighted by molar-refractivity contribution is -0.146. The van der Waals surface area contributed by atoms with Gasteiger partial charge in [-0.2, -0.15) is 0 Å². The monoisotopic (exact) mass is 778 g/mol. The van der Waals surface area contributed by atoms with Gasteiger partial charge in [-0.25, -0.2) is 14.4 Å². The Bertz CT molecular complexity index is 1650. The second kappa shape index (κ2) is 20.8. The summed E-state index contributed by atoms with van der Waals surface area (Å²) in [5.74, 6) is -2.73. The Hall–Kier alpha value is -4.94. The van der Waals surface area contributed by atoms with Crippen molar-refractivity contribution in [3.05, 3.63) is 71.3 Å².